The van der Waals surface area contributed by atoms with Gasteiger partial charge in [-0.1, -0.05) is 30.3 Å². The van der Waals surface area contributed by atoms with E-state index in [0.29, 0.717) is 5.56 Å². The van der Waals surface area contributed by atoms with Gasteiger partial charge in [0.2, 0.25) is 0 Å². The molecule has 48 heavy (non-hydrogen) atoms. The smallest absolute Gasteiger partial charge is 0.355 e. The van der Waals surface area contributed by atoms with Crippen LogP contribution in [0.3, 0.4) is 0 Å². The summed E-state index contributed by atoms with van der Waals surface area (Å²) in [7, 11) is 4.74. The van der Waals surface area contributed by atoms with E-state index in [9.17, 15) is 33.9 Å². The number of carbonyl (C=O) groups is 6. The molecular formula is C33H37ClN2O12. The van der Waals surface area contributed by atoms with Gasteiger partial charge in [0.1, 0.15) is 12.3 Å². The molecule has 15 heteroatoms. The molecule has 1 aliphatic heterocycles. The van der Waals surface area contributed by atoms with Crippen LogP contribution in [0.4, 0.5) is 4.79 Å². The lowest BCUT2D eigenvalue weighted by molar-refractivity contribution is -0.141. The first-order valence-electron chi connectivity index (χ1n) is 14.7. The summed E-state index contributed by atoms with van der Waals surface area (Å²) in [6.07, 6.45) is -0.199. The van der Waals surface area contributed by atoms with Gasteiger partial charge in [0.15, 0.2) is 0 Å². The second kappa shape index (κ2) is 16.6. The Hall–Kier alpha value is -5.11. The van der Waals surface area contributed by atoms with Crippen molar-refractivity contribution in [2.75, 3.05) is 28.4 Å². The second-order valence-corrected chi connectivity index (χ2v) is 11.1. The molecule has 3 rings (SSSR count). The third-order valence-corrected chi connectivity index (χ3v) is 8.09. The lowest BCUT2D eigenvalue weighted by atomic mass is 9.84. The molecule has 0 fully saturated rings. The van der Waals surface area contributed by atoms with Crippen molar-refractivity contribution in [2.24, 2.45) is 0 Å². The Bertz CT molecular complexity index is 1630. The Balaban J connectivity index is 2.24. The number of rotatable bonds is 15. The summed E-state index contributed by atoms with van der Waals surface area (Å²) in [6.45, 7) is 1.39. The fraction of sp³-hybridized carbons (Fsp3) is 0.394. The normalized spacial score (nSPS) is 16.1. The van der Waals surface area contributed by atoms with Crippen molar-refractivity contribution >= 4 is 46.8 Å². The summed E-state index contributed by atoms with van der Waals surface area (Å²) < 4.78 is 24.9. The third kappa shape index (κ3) is 8.62. The summed E-state index contributed by atoms with van der Waals surface area (Å²) in [5.41, 5.74) is -0.306. The van der Waals surface area contributed by atoms with E-state index in [1.165, 1.54) is 35.4 Å². The average Bonchev–Trinajstić information content (AvgIpc) is 3.50. The summed E-state index contributed by atoms with van der Waals surface area (Å²) in [5.74, 6) is -4.17. The molecule has 1 aromatic heterocycles. The number of aromatic nitrogens is 1. The molecular weight excluding hydrogens is 652 g/mol. The fourth-order valence-electron chi connectivity index (χ4n) is 5.50. The number of hydrogen-bond acceptors (Lipinski definition) is 12. The maximum absolute atomic E-state index is 13.7. The van der Waals surface area contributed by atoms with E-state index in [4.69, 9.17) is 35.3 Å². The molecule has 0 radical (unpaired) electrons. The molecule has 0 aliphatic carbocycles. The van der Waals surface area contributed by atoms with E-state index in [-0.39, 0.29) is 78.8 Å². The first-order valence-corrected chi connectivity index (χ1v) is 15.0. The van der Waals surface area contributed by atoms with Crippen molar-refractivity contribution in [3.63, 3.8) is 0 Å². The molecule has 1 aromatic carbocycles. The second-order valence-electron chi connectivity index (χ2n) is 10.8. The largest absolute Gasteiger partial charge is 0.481 e. The number of methoxy groups -OCH3 is 4. The van der Waals surface area contributed by atoms with Gasteiger partial charge in [0.05, 0.1) is 40.4 Å². The lowest BCUT2D eigenvalue weighted by Crippen LogP contribution is -2.49. The number of aromatic amines is 1. The van der Waals surface area contributed by atoms with Gasteiger partial charge in [0.25, 0.3) is 11.9 Å². The Morgan fingerprint density at radius 1 is 0.896 bits per heavy atom. The summed E-state index contributed by atoms with van der Waals surface area (Å²) in [5, 5.41) is 9.21. The van der Waals surface area contributed by atoms with Gasteiger partial charge in [-0.25, -0.2) is 4.79 Å². The van der Waals surface area contributed by atoms with E-state index < -0.39 is 46.6 Å². The van der Waals surface area contributed by atoms with Crippen molar-refractivity contribution in [1.82, 2.24) is 9.88 Å². The molecule has 0 saturated heterocycles. The minimum Gasteiger partial charge on any atom is -0.481 e. The number of aliphatic hydroxyl groups is 1. The Morgan fingerprint density at radius 3 is 2.06 bits per heavy atom. The van der Waals surface area contributed by atoms with Crippen LogP contribution < -0.4 is 0 Å². The van der Waals surface area contributed by atoms with E-state index in [1.807, 2.05) is 0 Å². The number of H-pyrrole nitrogens is 1. The number of amides is 2. The highest BCUT2D eigenvalue weighted by Gasteiger charge is 2.51. The topological polar surface area (TPSA) is 188 Å². The van der Waals surface area contributed by atoms with Crippen LogP contribution in [0, 0.1) is 0 Å². The number of esters is 4. The fourth-order valence-corrected chi connectivity index (χ4v) is 5.76. The summed E-state index contributed by atoms with van der Waals surface area (Å²) in [6, 6.07) is 8.89. The zero-order chi connectivity index (χ0) is 35.6. The Kier molecular flexibility index (Phi) is 12.9. The molecule has 1 unspecified atom stereocenters. The number of benzene rings is 1. The number of ether oxygens (including phenoxy) is 5. The molecule has 14 nitrogen and oxygen atoms in total. The van der Waals surface area contributed by atoms with Gasteiger partial charge >= 0.3 is 29.2 Å². The molecule has 258 valence electrons. The van der Waals surface area contributed by atoms with E-state index >= 15 is 0 Å². The molecule has 0 spiro atoms. The highest BCUT2D eigenvalue weighted by atomic mass is 35.5. The molecule has 2 N–H and O–H groups in total. The Morgan fingerprint density at radius 2 is 1.50 bits per heavy atom. The van der Waals surface area contributed by atoms with Crippen molar-refractivity contribution in [3.05, 3.63) is 81.6 Å². The van der Waals surface area contributed by atoms with E-state index in [1.54, 1.807) is 30.3 Å². The van der Waals surface area contributed by atoms with Crippen LogP contribution in [0.15, 0.2) is 53.5 Å². The van der Waals surface area contributed by atoms with Crippen molar-refractivity contribution < 1.29 is 57.6 Å². The quantitative estimate of drug-likeness (QED) is 0.0902. The third-order valence-electron chi connectivity index (χ3n) is 7.92. The average molecular weight is 689 g/mol. The first kappa shape index (κ1) is 37.3. The predicted octanol–water partition coefficient (Wildman–Crippen LogP) is 3.99. The number of hydrogen-bond donors (Lipinski definition) is 2. The van der Waals surface area contributed by atoms with Crippen molar-refractivity contribution in [2.45, 2.75) is 57.6 Å². The number of halogens is 1. The van der Waals surface area contributed by atoms with Crippen LogP contribution in [0.25, 0.3) is 0 Å². The SMILES string of the molecule is COC(=O)CCC1=C(/C=C(\O)OC)C(C)(Cc2[nH]c(C(=O)OCc3ccccc3)c(CCC(=O)OC)c2CC(=O)OC)N(C(=O)Cl)C1=O. The first-order chi connectivity index (χ1) is 22.8. The van der Waals surface area contributed by atoms with Gasteiger partial charge < -0.3 is 33.8 Å². The van der Waals surface area contributed by atoms with Crippen molar-refractivity contribution in [3.8, 4) is 0 Å². The standard InChI is InChI=1S/C33H37ClN2O12/c1-33(23(16-28(40)47-5)21(12-14-26(38)45-3)30(41)36(33)32(34)43)17-24-22(15-27(39)46-4)20(11-13-25(37)44-2)29(35-24)31(42)48-18-19-9-7-6-8-10-19/h6-10,16,35,40H,11-15,17-18H2,1-5H3/b28-16+. The van der Waals surface area contributed by atoms with Gasteiger partial charge in [0, 0.05) is 36.6 Å². The van der Waals surface area contributed by atoms with Crippen molar-refractivity contribution in [1.29, 1.82) is 0 Å². The van der Waals surface area contributed by atoms with Crippen LogP contribution in [0.2, 0.25) is 0 Å². The van der Waals surface area contributed by atoms with Gasteiger partial charge in [-0.15, -0.1) is 0 Å². The van der Waals surface area contributed by atoms with Gasteiger partial charge in [-0.2, -0.15) is 0 Å². The maximum atomic E-state index is 13.7. The molecule has 0 bridgehead atoms. The molecule has 0 saturated carbocycles. The number of imide groups is 1. The van der Waals surface area contributed by atoms with E-state index in [0.717, 1.165) is 11.0 Å². The van der Waals surface area contributed by atoms with Crippen LogP contribution in [-0.4, -0.2) is 84.1 Å². The number of carbonyl (C=O) groups excluding carboxylic acids is 6. The highest BCUT2D eigenvalue weighted by Crippen LogP contribution is 2.43. The molecule has 2 amide bonds. The Labute approximate surface area is 281 Å². The molecule has 2 aromatic rings. The number of nitrogens with one attached hydrogen (secondary N) is 1. The van der Waals surface area contributed by atoms with Gasteiger partial charge in [-0.3, -0.25) is 28.9 Å². The summed E-state index contributed by atoms with van der Waals surface area (Å²) >= 11 is 5.98. The predicted molar refractivity (Wildman–Crippen MR) is 169 cm³/mol. The van der Waals surface area contributed by atoms with Crippen LogP contribution >= 0.6 is 11.6 Å². The molecule has 2 heterocycles. The lowest BCUT2D eigenvalue weighted by Gasteiger charge is -2.34. The van der Waals surface area contributed by atoms with Crippen LogP contribution in [0.5, 0.6) is 0 Å². The number of aliphatic hydroxyl groups excluding tert-OH is 1. The minimum absolute atomic E-state index is 0.0324. The van der Waals surface area contributed by atoms with Crippen LogP contribution in [-0.2, 0) is 68.7 Å². The molecule has 1 atom stereocenters. The number of nitrogens with zero attached hydrogens (tertiary/aromatic N) is 1. The minimum atomic E-state index is -1.67. The maximum Gasteiger partial charge on any atom is 0.355 e. The summed E-state index contributed by atoms with van der Waals surface area (Å²) in [4.78, 5) is 80.7. The van der Waals surface area contributed by atoms with Gasteiger partial charge in [-0.05, 0) is 53.6 Å². The highest BCUT2D eigenvalue weighted by molar-refractivity contribution is 6.64. The zero-order valence-electron chi connectivity index (χ0n) is 27.2. The molecule has 1 aliphatic rings. The van der Waals surface area contributed by atoms with Crippen LogP contribution in [0.1, 0.15) is 59.1 Å². The monoisotopic (exact) mass is 688 g/mol. The zero-order valence-corrected chi connectivity index (χ0v) is 27.9. The van der Waals surface area contributed by atoms with E-state index in [2.05, 4.69) is 4.98 Å².